The number of carbonyl (C=O) groups is 2. The number of carbonyl (C=O) groups excluding carboxylic acids is 2. The molecule has 2 amide bonds. The molecule has 0 unspecified atom stereocenters. The molecule has 1 heterocycles. The zero-order chi connectivity index (χ0) is 23.1. The highest BCUT2D eigenvalue weighted by atomic mass is 35.5. The fourth-order valence-electron chi connectivity index (χ4n) is 2.80. The van der Waals surface area contributed by atoms with Gasteiger partial charge in [0.1, 0.15) is 11.5 Å². The molecule has 168 valence electrons. The number of amides is 2. The second-order valence-electron chi connectivity index (χ2n) is 6.45. The SMILES string of the molecule is CCn1c(SCC(=O)NNC(=O)c2ccc(Cl)cc2)nnc1-c1cc(OC)cc(OC)c1. The molecular formula is C21H22ClN5O4S. The molecule has 3 aromatic rings. The number of hydrazine groups is 1. The maximum Gasteiger partial charge on any atom is 0.269 e. The van der Waals surface area contributed by atoms with Crippen LogP contribution < -0.4 is 20.3 Å². The number of ether oxygens (including phenoxy) is 2. The standard InChI is InChI=1S/C21H22ClN5O4S/c1-4-27-19(14-9-16(30-2)11-17(10-14)31-3)24-26-21(27)32-12-18(28)23-25-20(29)13-5-7-15(22)8-6-13/h5-11H,4,12H2,1-3H3,(H,23,28)(H,25,29). The van der Waals surface area contributed by atoms with E-state index in [0.717, 1.165) is 5.56 Å². The summed E-state index contributed by atoms with van der Waals surface area (Å²) < 4.78 is 12.5. The molecule has 1 aromatic heterocycles. The monoisotopic (exact) mass is 475 g/mol. The minimum absolute atomic E-state index is 0.0421. The molecule has 0 spiro atoms. The average Bonchev–Trinajstić information content (AvgIpc) is 3.24. The third-order valence-electron chi connectivity index (χ3n) is 4.40. The van der Waals surface area contributed by atoms with Gasteiger partial charge in [-0.1, -0.05) is 23.4 Å². The number of aromatic nitrogens is 3. The Balaban J connectivity index is 1.63. The third kappa shape index (κ3) is 5.71. The van der Waals surface area contributed by atoms with E-state index in [4.69, 9.17) is 21.1 Å². The van der Waals surface area contributed by atoms with E-state index < -0.39 is 5.91 Å². The predicted octanol–water partition coefficient (Wildman–Crippen LogP) is 3.19. The van der Waals surface area contributed by atoms with Crippen LogP contribution in [0.25, 0.3) is 11.4 Å². The van der Waals surface area contributed by atoms with Gasteiger partial charge in [-0.15, -0.1) is 10.2 Å². The average molecular weight is 476 g/mol. The Bertz CT molecular complexity index is 1080. The second kappa shape index (κ2) is 10.9. The van der Waals surface area contributed by atoms with E-state index in [-0.39, 0.29) is 11.7 Å². The lowest BCUT2D eigenvalue weighted by Gasteiger charge is -2.10. The van der Waals surface area contributed by atoms with Gasteiger partial charge >= 0.3 is 0 Å². The number of benzene rings is 2. The van der Waals surface area contributed by atoms with Crippen molar-refractivity contribution >= 4 is 35.2 Å². The van der Waals surface area contributed by atoms with Crippen LogP contribution in [0.2, 0.25) is 5.02 Å². The van der Waals surface area contributed by atoms with Crippen LogP contribution in [-0.2, 0) is 11.3 Å². The number of halogens is 1. The molecule has 2 N–H and O–H groups in total. The highest BCUT2D eigenvalue weighted by molar-refractivity contribution is 7.99. The van der Waals surface area contributed by atoms with Crippen molar-refractivity contribution in [1.82, 2.24) is 25.6 Å². The van der Waals surface area contributed by atoms with E-state index in [1.807, 2.05) is 23.6 Å². The summed E-state index contributed by atoms with van der Waals surface area (Å²) in [6, 6.07) is 11.8. The summed E-state index contributed by atoms with van der Waals surface area (Å²) in [6.07, 6.45) is 0. The summed E-state index contributed by atoms with van der Waals surface area (Å²) in [5.74, 6) is 1.12. The molecule has 0 saturated heterocycles. The van der Waals surface area contributed by atoms with Crippen LogP contribution in [0.1, 0.15) is 17.3 Å². The lowest BCUT2D eigenvalue weighted by molar-refractivity contribution is -0.119. The first-order valence-electron chi connectivity index (χ1n) is 9.59. The lowest BCUT2D eigenvalue weighted by atomic mass is 10.2. The Morgan fingerprint density at radius 3 is 2.28 bits per heavy atom. The summed E-state index contributed by atoms with van der Waals surface area (Å²) in [7, 11) is 3.16. The number of rotatable bonds is 8. The van der Waals surface area contributed by atoms with Gasteiger partial charge in [-0.05, 0) is 43.3 Å². The zero-order valence-electron chi connectivity index (χ0n) is 17.7. The maximum absolute atomic E-state index is 12.2. The number of methoxy groups -OCH3 is 2. The van der Waals surface area contributed by atoms with Crippen LogP contribution in [0.4, 0.5) is 0 Å². The van der Waals surface area contributed by atoms with Crippen molar-refractivity contribution in [2.24, 2.45) is 0 Å². The van der Waals surface area contributed by atoms with Crippen molar-refractivity contribution in [3.05, 3.63) is 53.1 Å². The largest absolute Gasteiger partial charge is 0.497 e. The van der Waals surface area contributed by atoms with Crippen LogP contribution in [0.15, 0.2) is 47.6 Å². The Kier molecular flexibility index (Phi) is 7.96. The van der Waals surface area contributed by atoms with Crippen molar-refractivity contribution in [3.8, 4) is 22.9 Å². The second-order valence-corrected chi connectivity index (χ2v) is 7.83. The Morgan fingerprint density at radius 2 is 1.69 bits per heavy atom. The molecule has 0 bridgehead atoms. The minimum atomic E-state index is -0.439. The third-order valence-corrected chi connectivity index (χ3v) is 5.62. The van der Waals surface area contributed by atoms with Crippen molar-refractivity contribution in [3.63, 3.8) is 0 Å². The molecule has 0 saturated carbocycles. The van der Waals surface area contributed by atoms with Gasteiger partial charge in [0.25, 0.3) is 5.91 Å². The van der Waals surface area contributed by atoms with Crippen LogP contribution in [0.3, 0.4) is 0 Å². The van der Waals surface area contributed by atoms with Crippen molar-refractivity contribution < 1.29 is 19.1 Å². The summed E-state index contributed by atoms with van der Waals surface area (Å²) in [6.45, 7) is 2.56. The van der Waals surface area contributed by atoms with Gasteiger partial charge < -0.3 is 14.0 Å². The Labute approximate surface area is 194 Å². The molecular weight excluding hydrogens is 454 g/mol. The molecule has 0 atom stereocenters. The van der Waals surface area contributed by atoms with Gasteiger partial charge in [0.15, 0.2) is 11.0 Å². The van der Waals surface area contributed by atoms with Crippen molar-refractivity contribution in [1.29, 1.82) is 0 Å². The number of hydrogen-bond donors (Lipinski definition) is 2. The normalized spacial score (nSPS) is 10.5. The first-order chi connectivity index (χ1) is 15.4. The summed E-state index contributed by atoms with van der Waals surface area (Å²) >= 11 is 7.02. The minimum Gasteiger partial charge on any atom is -0.497 e. The van der Waals surface area contributed by atoms with Gasteiger partial charge in [0, 0.05) is 28.8 Å². The molecule has 0 fully saturated rings. The Morgan fingerprint density at radius 1 is 1.03 bits per heavy atom. The van der Waals surface area contributed by atoms with E-state index in [1.165, 1.54) is 11.8 Å². The topological polar surface area (TPSA) is 107 Å². The summed E-state index contributed by atoms with van der Waals surface area (Å²) in [5.41, 5.74) is 5.92. The van der Waals surface area contributed by atoms with E-state index >= 15 is 0 Å². The van der Waals surface area contributed by atoms with E-state index in [1.54, 1.807) is 44.6 Å². The molecule has 0 aliphatic carbocycles. The van der Waals surface area contributed by atoms with Gasteiger partial charge in [0.05, 0.1) is 20.0 Å². The van der Waals surface area contributed by atoms with E-state index in [0.29, 0.717) is 39.6 Å². The molecule has 0 aliphatic rings. The highest BCUT2D eigenvalue weighted by Crippen LogP contribution is 2.30. The lowest BCUT2D eigenvalue weighted by Crippen LogP contribution is -2.42. The van der Waals surface area contributed by atoms with Crippen molar-refractivity contribution in [2.45, 2.75) is 18.6 Å². The van der Waals surface area contributed by atoms with Gasteiger partial charge in [0.2, 0.25) is 5.91 Å². The number of nitrogens with one attached hydrogen (secondary N) is 2. The van der Waals surface area contributed by atoms with E-state index in [2.05, 4.69) is 21.0 Å². The van der Waals surface area contributed by atoms with E-state index in [9.17, 15) is 9.59 Å². The van der Waals surface area contributed by atoms with Crippen LogP contribution in [-0.4, -0.2) is 46.6 Å². The first-order valence-corrected chi connectivity index (χ1v) is 11.0. The van der Waals surface area contributed by atoms with Gasteiger partial charge in [-0.2, -0.15) is 0 Å². The van der Waals surface area contributed by atoms with Crippen LogP contribution in [0, 0.1) is 0 Å². The molecule has 11 heteroatoms. The molecule has 9 nitrogen and oxygen atoms in total. The Hall–Kier alpha value is -3.24. The zero-order valence-corrected chi connectivity index (χ0v) is 19.3. The molecule has 3 rings (SSSR count). The summed E-state index contributed by atoms with van der Waals surface area (Å²) in [4.78, 5) is 24.3. The molecule has 0 aliphatic heterocycles. The summed E-state index contributed by atoms with van der Waals surface area (Å²) in [5, 5.41) is 9.58. The van der Waals surface area contributed by atoms with Crippen molar-refractivity contribution in [2.75, 3.05) is 20.0 Å². The van der Waals surface area contributed by atoms with Gasteiger partial charge in [-0.25, -0.2) is 0 Å². The number of nitrogens with zero attached hydrogens (tertiary/aromatic N) is 3. The fraction of sp³-hybridized carbons (Fsp3) is 0.238. The first kappa shape index (κ1) is 23.4. The molecule has 2 aromatic carbocycles. The predicted molar refractivity (Wildman–Crippen MR) is 122 cm³/mol. The highest BCUT2D eigenvalue weighted by Gasteiger charge is 2.16. The van der Waals surface area contributed by atoms with Gasteiger partial charge in [-0.3, -0.25) is 20.4 Å². The number of thioether (sulfide) groups is 1. The maximum atomic E-state index is 12.2. The quantitative estimate of drug-likeness (QED) is 0.380. The smallest absolute Gasteiger partial charge is 0.269 e. The fourth-order valence-corrected chi connectivity index (χ4v) is 3.73. The molecule has 0 radical (unpaired) electrons. The number of hydrogen-bond acceptors (Lipinski definition) is 7. The van der Waals surface area contributed by atoms with Crippen LogP contribution in [0.5, 0.6) is 11.5 Å². The van der Waals surface area contributed by atoms with Crippen LogP contribution >= 0.6 is 23.4 Å². The molecule has 32 heavy (non-hydrogen) atoms.